The van der Waals surface area contributed by atoms with Crippen molar-refractivity contribution in [3.63, 3.8) is 0 Å². The molecule has 0 spiro atoms. The van der Waals surface area contributed by atoms with E-state index in [-0.39, 0.29) is 0 Å². The summed E-state index contributed by atoms with van der Waals surface area (Å²) in [6, 6.07) is 2.34. The highest BCUT2D eigenvalue weighted by molar-refractivity contribution is 7.15. The number of hydrogen-bond donors (Lipinski definition) is 2. The fraction of sp³-hybridized carbons (Fsp3) is 0.500. The van der Waals surface area contributed by atoms with E-state index in [0.29, 0.717) is 6.04 Å². The molecule has 0 radical (unpaired) electrons. The van der Waals surface area contributed by atoms with E-state index >= 15 is 0 Å². The molecule has 7 heteroatoms. The summed E-state index contributed by atoms with van der Waals surface area (Å²) in [5.41, 5.74) is 1.05. The van der Waals surface area contributed by atoms with Gasteiger partial charge in [0.05, 0.1) is 5.69 Å². The summed E-state index contributed by atoms with van der Waals surface area (Å²) in [6.07, 6.45) is 2.33. The van der Waals surface area contributed by atoms with Gasteiger partial charge in [-0.15, -0.1) is 10.2 Å². The van der Waals surface area contributed by atoms with Crippen LogP contribution >= 0.6 is 11.3 Å². The molecular formula is C12H16N6S. The first-order chi connectivity index (χ1) is 9.20. The minimum atomic E-state index is 0.346. The van der Waals surface area contributed by atoms with Crippen molar-refractivity contribution in [2.24, 2.45) is 0 Å². The lowest BCUT2D eigenvalue weighted by Crippen LogP contribution is -2.15. The predicted molar refractivity (Wildman–Crippen MR) is 74.7 cm³/mol. The highest BCUT2D eigenvalue weighted by atomic mass is 32.1. The number of aromatic nitrogens is 4. The third-order valence-corrected chi connectivity index (χ3v) is 3.79. The molecule has 3 heterocycles. The molecule has 0 unspecified atom stereocenters. The quantitative estimate of drug-likeness (QED) is 0.894. The predicted octanol–water partition coefficient (Wildman–Crippen LogP) is 2.11. The van der Waals surface area contributed by atoms with Crippen LogP contribution in [0.1, 0.15) is 35.4 Å². The van der Waals surface area contributed by atoms with Crippen LogP contribution in [0.25, 0.3) is 0 Å². The van der Waals surface area contributed by atoms with Gasteiger partial charge in [0.15, 0.2) is 0 Å². The molecule has 1 atom stereocenters. The van der Waals surface area contributed by atoms with Gasteiger partial charge in [0.2, 0.25) is 5.13 Å². The molecule has 2 aromatic heterocycles. The minimum absolute atomic E-state index is 0.346. The van der Waals surface area contributed by atoms with Crippen molar-refractivity contribution in [3.05, 3.63) is 22.6 Å². The molecule has 6 nitrogen and oxygen atoms in total. The number of rotatable bonds is 3. The summed E-state index contributed by atoms with van der Waals surface area (Å²) in [5, 5.41) is 16.4. The van der Waals surface area contributed by atoms with Gasteiger partial charge < -0.3 is 10.6 Å². The molecule has 19 heavy (non-hydrogen) atoms. The Morgan fingerprint density at radius 1 is 1.32 bits per heavy atom. The minimum Gasteiger partial charge on any atom is -0.315 e. The summed E-state index contributed by atoms with van der Waals surface area (Å²) in [7, 11) is 0. The molecule has 0 aromatic carbocycles. The fourth-order valence-electron chi connectivity index (χ4n) is 2.23. The second kappa shape index (κ2) is 5.18. The maximum Gasteiger partial charge on any atom is 0.211 e. The summed E-state index contributed by atoms with van der Waals surface area (Å²) in [5.74, 6) is 1.56. The van der Waals surface area contributed by atoms with Crippen LogP contribution in [0.4, 0.5) is 10.9 Å². The smallest absolute Gasteiger partial charge is 0.211 e. The van der Waals surface area contributed by atoms with E-state index in [1.807, 2.05) is 19.9 Å². The zero-order chi connectivity index (χ0) is 13.2. The second-order valence-corrected chi connectivity index (χ2v) is 5.81. The van der Waals surface area contributed by atoms with Crippen molar-refractivity contribution in [1.29, 1.82) is 0 Å². The molecule has 1 aliphatic heterocycles. The highest BCUT2D eigenvalue weighted by Crippen LogP contribution is 2.25. The van der Waals surface area contributed by atoms with Crippen molar-refractivity contribution in [2.75, 3.05) is 11.9 Å². The molecule has 0 amide bonds. The maximum atomic E-state index is 4.52. The molecule has 1 aliphatic rings. The second-order valence-electron chi connectivity index (χ2n) is 4.63. The standard InChI is InChI=1S/C12H16N6S/c1-7-14-10(9-4-3-5-13-9)6-11(15-7)16-12-18-17-8(2)19-12/h6,9,13H,3-5H2,1-2H3,(H,14,15,16,18)/t9-/m0/s1. The van der Waals surface area contributed by atoms with Gasteiger partial charge in [-0.25, -0.2) is 9.97 Å². The normalized spacial score (nSPS) is 18.7. The Labute approximate surface area is 115 Å². The Balaban J connectivity index is 1.84. The number of aryl methyl sites for hydroxylation is 2. The van der Waals surface area contributed by atoms with Crippen LogP contribution in [0.15, 0.2) is 6.07 Å². The first-order valence-electron chi connectivity index (χ1n) is 6.37. The third-order valence-electron chi connectivity index (χ3n) is 3.04. The summed E-state index contributed by atoms with van der Waals surface area (Å²) < 4.78 is 0. The lowest BCUT2D eigenvalue weighted by molar-refractivity contribution is 0.623. The first-order valence-corrected chi connectivity index (χ1v) is 7.18. The van der Waals surface area contributed by atoms with Gasteiger partial charge in [0.25, 0.3) is 0 Å². The Morgan fingerprint density at radius 2 is 2.21 bits per heavy atom. The van der Waals surface area contributed by atoms with E-state index in [2.05, 4.69) is 30.8 Å². The summed E-state index contributed by atoms with van der Waals surface area (Å²) >= 11 is 1.52. The SMILES string of the molecule is Cc1nc(Nc2nnc(C)s2)cc([C@@H]2CCCN2)n1. The van der Waals surface area contributed by atoms with Crippen molar-refractivity contribution >= 4 is 22.3 Å². The molecule has 2 N–H and O–H groups in total. The van der Waals surface area contributed by atoms with Crippen molar-refractivity contribution in [1.82, 2.24) is 25.5 Å². The van der Waals surface area contributed by atoms with E-state index in [9.17, 15) is 0 Å². The molecular weight excluding hydrogens is 260 g/mol. The molecule has 1 saturated heterocycles. The Kier molecular flexibility index (Phi) is 3.39. The number of hydrogen-bond acceptors (Lipinski definition) is 7. The van der Waals surface area contributed by atoms with Crippen LogP contribution in [0, 0.1) is 13.8 Å². The summed E-state index contributed by atoms with van der Waals surface area (Å²) in [4.78, 5) is 8.92. The Bertz CT molecular complexity index is 575. The lowest BCUT2D eigenvalue weighted by Gasteiger charge is -2.11. The number of nitrogens with one attached hydrogen (secondary N) is 2. The molecule has 0 saturated carbocycles. The van der Waals surface area contributed by atoms with Gasteiger partial charge in [-0.1, -0.05) is 11.3 Å². The van der Waals surface area contributed by atoms with Crippen LogP contribution in [-0.2, 0) is 0 Å². The van der Waals surface area contributed by atoms with Gasteiger partial charge in [-0.05, 0) is 33.2 Å². The molecule has 3 rings (SSSR count). The van der Waals surface area contributed by atoms with E-state index in [1.165, 1.54) is 17.8 Å². The molecule has 100 valence electrons. The summed E-state index contributed by atoms with van der Waals surface area (Å²) in [6.45, 7) is 4.91. The molecule has 1 fully saturated rings. The molecule has 0 aliphatic carbocycles. The maximum absolute atomic E-state index is 4.52. The van der Waals surface area contributed by atoms with Crippen LogP contribution in [0.5, 0.6) is 0 Å². The monoisotopic (exact) mass is 276 g/mol. The largest absolute Gasteiger partial charge is 0.315 e. The molecule has 2 aromatic rings. The number of anilines is 2. The zero-order valence-electron chi connectivity index (χ0n) is 11.0. The average Bonchev–Trinajstić information content (AvgIpc) is 3.00. The van der Waals surface area contributed by atoms with Crippen molar-refractivity contribution in [2.45, 2.75) is 32.7 Å². The van der Waals surface area contributed by atoms with Crippen molar-refractivity contribution in [3.8, 4) is 0 Å². The average molecular weight is 276 g/mol. The van der Waals surface area contributed by atoms with Crippen LogP contribution < -0.4 is 10.6 Å². The highest BCUT2D eigenvalue weighted by Gasteiger charge is 2.18. The van der Waals surface area contributed by atoms with Crippen LogP contribution in [0.3, 0.4) is 0 Å². The van der Waals surface area contributed by atoms with E-state index in [0.717, 1.165) is 40.4 Å². The van der Waals surface area contributed by atoms with Gasteiger partial charge in [-0.2, -0.15) is 0 Å². The lowest BCUT2D eigenvalue weighted by atomic mass is 10.1. The van der Waals surface area contributed by atoms with Gasteiger partial charge >= 0.3 is 0 Å². The zero-order valence-corrected chi connectivity index (χ0v) is 11.8. The van der Waals surface area contributed by atoms with Gasteiger partial charge in [0, 0.05) is 12.1 Å². The van der Waals surface area contributed by atoms with Crippen molar-refractivity contribution < 1.29 is 0 Å². The Morgan fingerprint density at radius 3 is 2.89 bits per heavy atom. The first kappa shape index (κ1) is 12.4. The molecule has 0 bridgehead atoms. The van der Waals surface area contributed by atoms with E-state index < -0.39 is 0 Å². The van der Waals surface area contributed by atoms with Crippen LogP contribution in [0.2, 0.25) is 0 Å². The Hall–Kier alpha value is -1.60. The topological polar surface area (TPSA) is 75.6 Å². The van der Waals surface area contributed by atoms with Crippen LogP contribution in [-0.4, -0.2) is 26.7 Å². The number of nitrogens with zero attached hydrogens (tertiary/aromatic N) is 4. The van der Waals surface area contributed by atoms with E-state index in [4.69, 9.17) is 0 Å². The third kappa shape index (κ3) is 2.87. The fourth-order valence-corrected chi connectivity index (χ4v) is 2.83. The van der Waals surface area contributed by atoms with Gasteiger partial charge in [0.1, 0.15) is 16.6 Å². The van der Waals surface area contributed by atoms with E-state index in [1.54, 1.807) is 0 Å². The van der Waals surface area contributed by atoms with Gasteiger partial charge in [-0.3, -0.25) is 0 Å².